The zero-order valence-corrected chi connectivity index (χ0v) is 8.37. The van der Waals surface area contributed by atoms with Crippen LogP contribution < -0.4 is 0 Å². The van der Waals surface area contributed by atoms with E-state index in [9.17, 15) is 0 Å². The van der Waals surface area contributed by atoms with Crippen molar-refractivity contribution in [1.29, 1.82) is 10.5 Å². The summed E-state index contributed by atoms with van der Waals surface area (Å²) >= 11 is 2.20. The van der Waals surface area contributed by atoms with E-state index in [1.165, 1.54) is 0 Å². The molecule has 1 aromatic carbocycles. The fourth-order valence-electron chi connectivity index (χ4n) is 0.898. The maximum Gasteiger partial charge on any atom is 0.0992 e. The second-order valence-electron chi connectivity index (χ2n) is 2.28. The van der Waals surface area contributed by atoms with Gasteiger partial charge in [0.2, 0.25) is 0 Å². The van der Waals surface area contributed by atoms with Gasteiger partial charge in [-0.25, -0.2) is 0 Å². The summed E-state index contributed by atoms with van der Waals surface area (Å²) in [5.41, 5.74) is 2.13. The monoisotopic (exact) mass is 268 g/mol. The predicted octanol–water partition coefficient (Wildman–Crippen LogP) is 2.36. The van der Waals surface area contributed by atoms with Gasteiger partial charge in [-0.15, -0.1) is 0 Å². The third-order valence-corrected chi connectivity index (χ3v) is 2.29. The van der Waals surface area contributed by atoms with E-state index in [1.54, 1.807) is 18.2 Å². The summed E-state index contributed by atoms with van der Waals surface area (Å²) in [7, 11) is 0. The first-order valence-electron chi connectivity index (χ1n) is 3.30. The zero-order valence-electron chi connectivity index (χ0n) is 6.21. The van der Waals surface area contributed by atoms with Crippen LogP contribution in [0.2, 0.25) is 0 Å². The van der Waals surface area contributed by atoms with E-state index in [2.05, 4.69) is 22.6 Å². The van der Waals surface area contributed by atoms with E-state index in [-0.39, 0.29) is 0 Å². The highest BCUT2D eigenvalue weighted by molar-refractivity contribution is 14.1. The lowest BCUT2D eigenvalue weighted by Crippen LogP contribution is -1.84. The van der Waals surface area contributed by atoms with Gasteiger partial charge in [0.1, 0.15) is 0 Å². The molecule has 0 bridgehead atoms. The van der Waals surface area contributed by atoms with Gasteiger partial charge in [-0.05, 0) is 23.8 Å². The summed E-state index contributed by atoms with van der Waals surface area (Å²) < 4.78 is 0.821. The second-order valence-corrected chi connectivity index (χ2v) is 3.04. The Morgan fingerprint density at radius 1 is 1.08 bits per heavy atom. The molecule has 1 rings (SSSR count). The minimum absolute atomic E-state index is 0.556. The molecular weight excluding hydrogens is 263 g/mol. The summed E-state index contributed by atoms with van der Waals surface area (Å²) in [6, 6.07) is 9.23. The Kier molecular flexibility index (Phi) is 3.07. The minimum Gasteiger partial charge on any atom is -0.192 e. The Labute approximate surface area is 84.6 Å². The molecule has 0 atom stereocenters. The Morgan fingerprint density at radius 3 is 1.92 bits per heavy atom. The zero-order chi connectivity index (χ0) is 8.97. The highest BCUT2D eigenvalue weighted by Gasteiger charge is 1.98. The van der Waals surface area contributed by atoms with Gasteiger partial charge in [-0.3, -0.25) is 0 Å². The van der Waals surface area contributed by atoms with Gasteiger partial charge in [-0.2, -0.15) is 10.5 Å². The van der Waals surface area contributed by atoms with Gasteiger partial charge in [0.25, 0.3) is 0 Å². The molecule has 0 aliphatic carbocycles. The van der Waals surface area contributed by atoms with Crippen LogP contribution >= 0.6 is 22.6 Å². The van der Waals surface area contributed by atoms with Crippen LogP contribution in [0.25, 0.3) is 0 Å². The molecule has 12 heavy (non-hydrogen) atoms. The first kappa shape index (κ1) is 9.02. The summed E-state index contributed by atoms with van der Waals surface area (Å²) in [5, 5.41) is 17.2. The normalized spacial score (nSPS) is 8.58. The molecule has 2 nitrogen and oxygen atoms in total. The number of halogens is 1. The van der Waals surface area contributed by atoms with E-state index < -0.39 is 0 Å². The van der Waals surface area contributed by atoms with Crippen molar-refractivity contribution in [2.24, 2.45) is 0 Å². The molecule has 0 amide bonds. The van der Waals surface area contributed by atoms with Crippen molar-refractivity contribution in [3.8, 4) is 12.1 Å². The van der Waals surface area contributed by atoms with Gasteiger partial charge in [-0.1, -0.05) is 22.6 Å². The Bertz CT molecular complexity index is 339. The van der Waals surface area contributed by atoms with Crippen LogP contribution in [0.4, 0.5) is 0 Å². The number of nitrogens with zero attached hydrogens (tertiary/aromatic N) is 2. The summed E-state index contributed by atoms with van der Waals surface area (Å²) in [6.07, 6.45) is 0. The topological polar surface area (TPSA) is 47.6 Å². The van der Waals surface area contributed by atoms with Crippen LogP contribution in [0, 0.1) is 22.7 Å². The Balaban J connectivity index is 3.24. The van der Waals surface area contributed by atoms with E-state index in [1.807, 2.05) is 12.1 Å². The van der Waals surface area contributed by atoms with Crippen molar-refractivity contribution in [2.75, 3.05) is 0 Å². The fraction of sp³-hybridized carbons (Fsp3) is 0.111. The average Bonchev–Trinajstić information content (AvgIpc) is 2.16. The molecular formula is C9H5IN2. The van der Waals surface area contributed by atoms with Crippen molar-refractivity contribution >= 4 is 22.6 Å². The number of hydrogen-bond donors (Lipinski definition) is 0. The molecule has 0 heterocycles. The number of hydrogen-bond acceptors (Lipinski definition) is 2. The Morgan fingerprint density at radius 2 is 1.58 bits per heavy atom. The largest absolute Gasteiger partial charge is 0.192 e. The molecule has 0 aliphatic rings. The first-order chi connectivity index (χ1) is 5.80. The van der Waals surface area contributed by atoms with E-state index in [0.717, 1.165) is 9.99 Å². The fourth-order valence-corrected chi connectivity index (χ4v) is 1.34. The van der Waals surface area contributed by atoms with E-state index in [4.69, 9.17) is 10.5 Å². The lowest BCUT2D eigenvalue weighted by atomic mass is 10.1. The molecule has 3 heteroatoms. The van der Waals surface area contributed by atoms with Crippen LogP contribution in [0.5, 0.6) is 0 Å². The first-order valence-corrected chi connectivity index (χ1v) is 4.83. The van der Waals surface area contributed by atoms with E-state index >= 15 is 0 Å². The van der Waals surface area contributed by atoms with Crippen LogP contribution in [0.15, 0.2) is 18.2 Å². The number of alkyl halides is 1. The lowest BCUT2D eigenvalue weighted by molar-refractivity contribution is 1.38. The number of rotatable bonds is 1. The molecule has 0 aliphatic heterocycles. The third-order valence-electron chi connectivity index (χ3n) is 1.41. The molecule has 0 N–H and O–H groups in total. The van der Waals surface area contributed by atoms with Gasteiger partial charge in [0.15, 0.2) is 0 Å². The van der Waals surface area contributed by atoms with Gasteiger partial charge in [0, 0.05) is 4.43 Å². The smallest absolute Gasteiger partial charge is 0.0992 e. The van der Waals surface area contributed by atoms with Gasteiger partial charge in [0.05, 0.1) is 23.3 Å². The summed E-state index contributed by atoms with van der Waals surface area (Å²) in [4.78, 5) is 0. The van der Waals surface area contributed by atoms with Crippen LogP contribution in [-0.2, 0) is 4.43 Å². The minimum atomic E-state index is 0.556. The van der Waals surface area contributed by atoms with Crippen molar-refractivity contribution in [1.82, 2.24) is 0 Å². The molecule has 0 saturated carbocycles. The second kappa shape index (κ2) is 4.08. The maximum atomic E-state index is 8.62. The summed E-state index contributed by atoms with van der Waals surface area (Å²) in [5.74, 6) is 0. The number of nitriles is 2. The number of benzene rings is 1. The van der Waals surface area contributed by atoms with Crippen molar-refractivity contribution in [3.63, 3.8) is 0 Å². The van der Waals surface area contributed by atoms with Crippen LogP contribution in [0.1, 0.15) is 16.7 Å². The van der Waals surface area contributed by atoms with Gasteiger partial charge >= 0.3 is 0 Å². The average molecular weight is 268 g/mol. The molecule has 1 aromatic rings. The lowest BCUT2D eigenvalue weighted by Gasteiger charge is -1.96. The molecule has 0 fully saturated rings. The molecule has 0 radical (unpaired) electrons. The van der Waals surface area contributed by atoms with Crippen molar-refractivity contribution < 1.29 is 0 Å². The summed E-state index contributed by atoms with van der Waals surface area (Å²) in [6.45, 7) is 0. The highest BCUT2D eigenvalue weighted by atomic mass is 127. The predicted molar refractivity (Wildman–Crippen MR) is 53.6 cm³/mol. The molecule has 0 saturated heterocycles. The Hall–Kier alpha value is -1.07. The standard InChI is InChI=1S/C9H5IN2/c10-4-7-1-8(5-11)3-9(2-7)6-12/h1-3H,4H2. The van der Waals surface area contributed by atoms with Crippen LogP contribution in [-0.4, -0.2) is 0 Å². The highest BCUT2D eigenvalue weighted by Crippen LogP contribution is 2.11. The molecule has 0 spiro atoms. The molecule has 0 unspecified atom stereocenters. The van der Waals surface area contributed by atoms with Gasteiger partial charge < -0.3 is 0 Å². The SMILES string of the molecule is N#Cc1cc(C#N)cc(CI)c1. The maximum absolute atomic E-state index is 8.62. The van der Waals surface area contributed by atoms with Crippen LogP contribution in [0.3, 0.4) is 0 Å². The van der Waals surface area contributed by atoms with E-state index in [0.29, 0.717) is 11.1 Å². The van der Waals surface area contributed by atoms with Crippen molar-refractivity contribution in [2.45, 2.75) is 4.43 Å². The molecule has 58 valence electrons. The van der Waals surface area contributed by atoms with Crippen molar-refractivity contribution in [3.05, 3.63) is 34.9 Å². The molecule has 0 aromatic heterocycles. The quantitative estimate of drug-likeness (QED) is 0.579. The third kappa shape index (κ3) is 1.96.